The van der Waals surface area contributed by atoms with Gasteiger partial charge in [0.15, 0.2) is 0 Å². The molecule has 20 heavy (non-hydrogen) atoms. The topological polar surface area (TPSA) is 63.4 Å². The Labute approximate surface area is 130 Å². The van der Waals surface area contributed by atoms with Gasteiger partial charge < -0.3 is 5.73 Å². The number of hydrogen-bond acceptors (Lipinski definition) is 3. The number of rotatable bonds is 3. The molecule has 1 aliphatic heterocycles. The summed E-state index contributed by atoms with van der Waals surface area (Å²) in [5.41, 5.74) is 5.65. The number of halogens is 1. The highest BCUT2D eigenvalue weighted by molar-refractivity contribution is 7.89. The van der Waals surface area contributed by atoms with Gasteiger partial charge in [0.05, 0.1) is 9.92 Å². The summed E-state index contributed by atoms with van der Waals surface area (Å²) in [4.78, 5) is 0.331. The SMILES string of the molecule is CC1(C)CCCN1S(=O)(=O)c1ccc(C(N)=S)c(Cl)c1. The van der Waals surface area contributed by atoms with E-state index in [1.54, 1.807) is 6.07 Å². The van der Waals surface area contributed by atoms with Gasteiger partial charge in [-0.2, -0.15) is 4.31 Å². The summed E-state index contributed by atoms with van der Waals surface area (Å²) in [5, 5.41) is 0.260. The predicted octanol–water partition coefficient (Wildman–Crippen LogP) is 2.54. The van der Waals surface area contributed by atoms with E-state index in [0.29, 0.717) is 12.1 Å². The second kappa shape index (κ2) is 5.26. The van der Waals surface area contributed by atoms with Crippen LogP contribution in [0.15, 0.2) is 23.1 Å². The Morgan fingerprint density at radius 1 is 1.45 bits per heavy atom. The zero-order valence-corrected chi connectivity index (χ0v) is 13.8. The average molecular weight is 333 g/mol. The molecule has 1 fully saturated rings. The first kappa shape index (κ1) is 15.7. The van der Waals surface area contributed by atoms with Gasteiger partial charge in [-0.05, 0) is 44.9 Å². The molecule has 7 heteroatoms. The lowest BCUT2D eigenvalue weighted by atomic mass is 10.0. The van der Waals surface area contributed by atoms with E-state index >= 15 is 0 Å². The van der Waals surface area contributed by atoms with Crippen molar-refractivity contribution in [2.75, 3.05) is 6.54 Å². The molecule has 0 atom stereocenters. The molecule has 1 saturated heterocycles. The van der Waals surface area contributed by atoms with E-state index in [0.717, 1.165) is 12.8 Å². The first-order valence-electron chi connectivity index (χ1n) is 6.28. The van der Waals surface area contributed by atoms with E-state index in [1.807, 2.05) is 13.8 Å². The molecule has 0 aliphatic carbocycles. The number of nitrogens with two attached hydrogens (primary N) is 1. The van der Waals surface area contributed by atoms with Gasteiger partial charge in [-0.1, -0.05) is 23.8 Å². The fraction of sp³-hybridized carbons (Fsp3) is 0.462. The van der Waals surface area contributed by atoms with Gasteiger partial charge in [0.1, 0.15) is 4.99 Å². The Hall–Kier alpha value is -0.690. The highest BCUT2D eigenvalue weighted by Crippen LogP contribution is 2.34. The van der Waals surface area contributed by atoms with E-state index in [4.69, 9.17) is 29.6 Å². The minimum Gasteiger partial charge on any atom is -0.389 e. The minimum absolute atomic E-state index is 0.153. The molecule has 2 N–H and O–H groups in total. The minimum atomic E-state index is -3.55. The summed E-state index contributed by atoms with van der Waals surface area (Å²) in [6.07, 6.45) is 1.72. The van der Waals surface area contributed by atoms with Crippen LogP contribution < -0.4 is 5.73 Å². The number of benzene rings is 1. The zero-order valence-electron chi connectivity index (χ0n) is 11.4. The van der Waals surface area contributed by atoms with Crippen molar-refractivity contribution in [1.82, 2.24) is 4.31 Å². The molecule has 1 aromatic rings. The fourth-order valence-electron chi connectivity index (χ4n) is 2.51. The summed E-state index contributed by atoms with van der Waals surface area (Å²) in [6.45, 7) is 4.40. The monoisotopic (exact) mass is 332 g/mol. The molecule has 0 aromatic heterocycles. The van der Waals surface area contributed by atoms with E-state index < -0.39 is 10.0 Å². The van der Waals surface area contributed by atoms with Crippen LogP contribution >= 0.6 is 23.8 Å². The summed E-state index contributed by atoms with van der Waals surface area (Å²) in [6, 6.07) is 4.48. The Morgan fingerprint density at radius 2 is 2.10 bits per heavy atom. The number of hydrogen-bond donors (Lipinski definition) is 1. The van der Waals surface area contributed by atoms with Crippen LogP contribution in [0.3, 0.4) is 0 Å². The molecule has 1 aromatic carbocycles. The van der Waals surface area contributed by atoms with Gasteiger partial charge in [0.2, 0.25) is 10.0 Å². The molecule has 1 heterocycles. The van der Waals surface area contributed by atoms with Gasteiger partial charge >= 0.3 is 0 Å². The second-order valence-electron chi connectivity index (χ2n) is 5.50. The fourth-order valence-corrected chi connectivity index (χ4v) is 4.97. The summed E-state index contributed by atoms with van der Waals surface area (Å²) < 4.78 is 26.9. The molecule has 0 spiro atoms. The standard InChI is InChI=1S/C13H17ClN2O2S2/c1-13(2)6-3-7-16(13)20(17,18)9-4-5-10(12(15)19)11(14)8-9/h4-5,8H,3,6-7H2,1-2H3,(H2,15,19). The van der Waals surface area contributed by atoms with Crippen molar-refractivity contribution < 1.29 is 8.42 Å². The molecule has 0 amide bonds. The Balaban J connectivity index is 2.45. The third-order valence-corrected chi connectivity index (χ3v) is 6.26. The highest BCUT2D eigenvalue weighted by Gasteiger charge is 2.40. The van der Waals surface area contributed by atoms with Crippen molar-refractivity contribution in [2.45, 2.75) is 37.1 Å². The largest absolute Gasteiger partial charge is 0.389 e. The van der Waals surface area contributed by atoms with Crippen LogP contribution in [0.2, 0.25) is 5.02 Å². The summed E-state index contributed by atoms with van der Waals surface area (Å²) in [5.74, 6) is 0. The van der Waals surface area contributed by atoms with E-state index in [9.17, 15) is 8.42 Å². The molecule has 2 rings (SSSR count). The average Bonchev–Trinajstić information content (AvgIpc) is 2.68. The van der Waals surface area contributed by atoms with Crippen LogP contribution in [0.1, 0.15) is 32.3 Å². The van der Waals surface area contributed by atoms with Crippen molar-refractivity contribution in [3.63, 3.8) is 0 Å². The van der Waals surface area contributed by atoms with E-state index in [2.05, 4.69) is 0 Å². The van der Waals surface area contributed by atoms with Crippen molar-refractivity contribution in [3.05, 3.63) is 28.8 Å². The quantitative estimate of drug-likeness (QED) is 0.864. The second-order valence-corrected chi connectivity index (χ2v) is 8.21. The maximum atomic E-state index is 12.7. The van der Waals surface area contributed by atoms with Crippen molar-refractivity contribution in [1.29, 1.82) is 0 Å². The van der Waals surface area contributed by atoms with Crippen molar-refractivity contribution >= 4 is 38.8 Å². The number of nitrogens with zero attached hydrogens (tertiary/aromatic N) is 1. The molecule has 4 nitrogen and oxygen atoms in total. The lowest BCUT2D eigenvalue weighted by molar-refractivity contribution is 0.291. The lowest BCUT2D eigenvalue weighted by Gasteiger charge is -2.30. The third-order valence-electron chi connectivity index (χ3n) is 3.62. The van der Waals surface area contributed by atoms with E-state index in [1.165, 1.54) is 16.4 Å². The van der Waals surface area contributed by atoms with Crippen LogP contribution in [-0.4, -0.2) is 29.8 Å². The van der Waals surface area contributed by atoms with Crippen LogP contribution in [0.5, 0.6) is 0 Å². The molecule has 0 unspecified atom stereocenters. The van der Waals surface area contributed by atoms with Crippen LogP contribution in [-0.2, 0) is 10.0 Å². The number of sulfonamides is 1. The van der Waals surface area contributed by atoms with Gasteiger partial charge in [-0.3, -0.25) is 0 Å². The number of thiocarbonyl (C=S) groups is 1. The van der Waals surface area contributed by atoms with Gasteiger partial charge in [-0.25, -0.2) is 8.42 Å². The first-order valence-corrected chi connectivity index (χ1v) is 8.51. The zero-order chi connectivity index (χ0) is 15.1. The van der Waals surface area contributed by atoms with Crippen LogP contribution in [0.4, 0.5) is 0 Å². The van der Waals surface area contributed by atoms with Crippen molar-refractivity contribution in [2.24, 2.45) is 5.73 Å². The summed E-state index contributed by atoms with van der Waals surface area (Å²) in [7, 11) is -3.55. The van der Waals surface area contributed by atoms with Gasteiger partial charge in [-0.15, -0.1) is 0 Å². The normalized spacial score (nSPS) is 19.1. The molecular formula is C13H17ClN2O2S2. The molecule has 0 bridgehead atoms. The highest BCUT2D eigenvalue weighted by atomic mass is 35.5. The molecule has 0 saturated carbocycles. The maximum Gasteiger partial charge on any atom is 0.243 e. The first-order chi connectivity index (χ1) is 9.16. The Bertz CT molecular complexity index is 656. The smallest absolute Gasteiger partial charge is 0.243 e. The lowest BCUT2D eigenvalue weighted by Crippen LogP contribution is -2.42. The van der Waals surface area contributed by atoms with Gasteiger partial charge in [0, 0.05) is 17.6 Å². The van der Waals surface area contributed by atoms with E-state index in [-0.39, 0.29) is 20.4 Å². The van der Waals surface area contributed by atoms with Gasteiger partial charge in [0.25, 0.3) is 0 Å². The molecule has 110 valence electrons. The van der Waals surface area contributed by atoms with Crippen molar-refractivity contribution in [3.8, 4) is 0 Å². The van der Waals surface area contributed by atoms with Crippen LogP contribution in [0.25, 0.3) is 0 Å². The van der Waals surface area contributed by atoms with Crippen LogP contribution in [0, 0.1) is 0 Å². The maximum absolute atomic E-state index is 12.7. The Morgan fingerprint density at radius 3 is 2.55 bits per heavy atom. The molecular weight excluding hydrogens is 316 g/mol. The predicted molar refractivity (Wildman–Crippen MR) is 84.5 cm³/mol. The molecule has 0 radical (unpaired) electrons. The third kappa shape index (κ3) is 2.70. The summed E-state index contributed by atoms with van der Waals surface area (Å²) >= 11 is 10.9. The molecule has 1 aliphatic rings. The Kier molecular flexibility index (Phi) is 4.12.